The van der Waals surface area contributed by atoms with Gasteiger partial charge in [-0.05, 0) is 31.9 Å². The lowest BCUT2D eigenvalue weighted by atomic mass is 10.1. The molecule has 3 rings (SSSR count). The van der Waals surface area contributed by atoms with Crippen LogP contribution in [-0.2, 0) is 16.0 Å². The monoisotopic (exact) mass is 315 g/mol. The molecule has 0 bridgehead atoms. The lowest BCUT2D eigenvalue weighted by Crippen LogP contribution is -2.40. The van der Waals surface area contributed by atoms with Crippen LogP contribution in [0.25, 0.3) is 10.9 Å². The van der Waals surface area contributed by atoms with E-state index in [2.05, 4.69) is 15.3 Å². The number of nitrogens with one attached hydrogen (secondary N) is 2. The molecule has 1 aliphatic rings. The Bertz CT molecular complexity index is 750. The quantitative estimate of drug-likeness (QED) is 0.876. The van der Waals surface area contributed by atoms with Crippen molar-refractivity contribution in [2.45, 2.75) is 44.8 Å². The number of carbonyl (C=O) groups is 1. The highest BCUT2D eigenvalue weighted by atomic mass is 16.5. The standard InChI is InChI=1S/C17H21N3O3/c1-11(14-7-4-10-23-14)18-16(21)9-8-15-19-13-6-3-2-5-12(13)17(22)20-15/h2-3,5-6,11,14H,4,7-10H2,1H3,(H,18,21)(H,19,20,22)/t11-,14+/m0/s1. The van der Waals surface area contributed by atoms with Crippen molar-refractivity contribution in [3.63, 3.8) is 0 Å². The number of hydrogen-bond acceptors (Lipinski definition) is 4. The molecule has 0 saturated carbocycles. The van der Waals surface area contributed by atoms with E-state index in [-0.39, 0.29) is 23.6 Å². The molecule has 0 radical (unpaired) electrons. The largest absolute Gasteiger partial charge is 0.376 e. The van der Waals surface area contributed by atoms with E-state index in [1.54, 1.807) is 18.2 Å². The minimum Gasteiger partial charge on any atom is -0.376 e. The number of ether oxygens (including phenoxy) is 1. The molecule has 122 valence electrons. The van der Waals surface area contributed by atoms with Crippen molar-refractivity contribution < 1.29 is 9.53 Å². The van der Waals surface area contributed by atoms with Gasteiger partial charge in [-0.1, -0.05) is 12.1 Å². The lowest BCUT2D eigenvalue weighted by molar-refractivity contribution is -0.122. The third-order valence-electron chi connectivity index (χ3n) is 4.16. The highest BCUT2D eigenvalue weighted by Gasteiger charge is 2.23. The first-order valence-electron chi connectivity index (χ1n) is 8.02. The van der Waals surface area contributed by atoms with Gasteiger partial charge in [-0.2, -0.15) is 0 Å². The van der Waals surface area contributed by atoms with Crippen molar-refractivity contribution in [3.05, 3.63) is 40.4 Å². The first kappa shape index (κ1) is 15.7. The number of hydrogen-bond donors (Lipinski definition) is 2. The highest BCUT2D eigenvalue weighted by Crippen LogP contribution is 2.15. The molecule has 1 amide bonds. The summed E-state index contributed by atoms with van der Waals surface area (Å²) in [6.07, 6.45) is 2.84. The maximum atomic E-state index is 12.0. The number of aryl methyl sites for hydroxylation is 1. The van der Waals surface area contributed by atoms with Crippen LogP contribution >= 0.6 is 0 Å². The summed E-state index contributed by atoms with van der Waals surface area (Å²) in [7, 11) is 0. The van der Waals surface area contributed by atoms with Gasteiger partial charge in [-0.3, -0.25) is 9.59 Å². The SMILES string of the molecule is C[C@H](NC(=O)CCc1nc2ccccc2c(=O)[nH]1)[C@H]1CCCO1. The van der Waals surface area contributed by atoms with Crippen LogP contribution in [0.5, 0.6) is 0 Å². The molecule has 6 nitrogen and oxygen atoms in total. The fourth-order valence-electron chi connectivity index (χ4n) is 2.90. The van der Waals surface area contributed by atoms with E-state index in [1.807, 2.05) is 13.0 Å². The summed E-state index contributed by atoms with van der Waals surface area (Å²) in [6.45, 7) is 2.73. The lowest BCUT2D eigenvalue weighted by Gasteiger charge is -2.19. The van der Waals surface area contributed by atoms with Gasteiger partial charge in [0.1, 0.15) is 5.82 Å². The number of rotatable bonds is 5. The number of H-pyrrole nitrogens is 1. The zero-order chi connectivity index (χ0) is 16.2. The molecule has 1 aromatic carbocycles. The summed E-state index contributed by atoms with van der Waals surface area (Å²) >= 11 is 0. The second-order valence-electron chi connectivity index (χ2n) is 5.94. The van der Waals surface area contributed by atoms with Crippen molar-refractivity contribution in [3.8, 4) is 0 Å². The molecule has 6 heteroatoms. The number of aromatic nitrogens is 2. The predicted octanol–water partition coefficient (Wildman–Crippen LogP) is 1.54. The predicted molar refractivity (Wildman–Crippen MR) is 87.3 cm³/mol. The van der Waals surface area contributed by atoms with E-state index < -0.39 is 0 Å². The zero-order valence-electron chi connectivity index (χ0n) is 13.2. The first-order chi connectivity index (χ1) is 11.1. The van der Waals surface area contributed by atoms with Gasteiger partial charge >= 0.3 is 0 Å². The number of amides is 1. The molecular formula is C17H21N3O3. The second kappa shape index (κ2) is 6.91. The molecule has 23 heavy (non-hydrogen) atoms. The van der Waals surface area contributed by atoms with Gasteiger partial charge in [-0.15, -0.1) is 0 Å². The Hall–Kier alpha value is -2.21. The molecule has 2 N–H and O–H groups in total. The molecule has 0 aliphatic carbocycles. The van der Waals surface area contributed by atoms with Gasteiger partial charge in [0.15, 0.2) is 0 Å². The summed E-state index contributed by atoms with van der Waals surface area (Å²) in [6, 6.07) is 7.19. The average Bonchev–Trinajstić information content (AvgIpc) is 3.07. The fraction of sp³-hybridized carbons (Fsp3) is 0.471. The molecule has 0 unspecified atom stereocenters. The summed E-state index contributed by atoms with van der Waals surface area (Å²) in [5, 5.41) is 3.52. The van der Waals surface area contributed by atoms with E-state index in [4.69, 9.17) is 4.74 Å². The van der Waals surface area contributed by atoms with E-state index in [0.29, 0.717) is 29.6 Å². The Labute approximate surface area is 134 Å². The van der Waals surface area contributed by atoms with Crippen molar-refractivity contribution in [2.75, 3.05) is 6.61 Å². The van der Waals surface area contributed by atoms with Crippen LogP contribution in [0, 0.1) is 0 Å². The molecule has 1 aromatic heterocycles. The summed E-state index contributed by atoms with van der Waals surface area (Å²) in [5.74, 6) is 0.484. The fourth-order valence-corrected chi connectivity index (χ4v) is 2.90. The smallest absolute Gasteiger partial charge is 0.258 e. The molecule has 1 fully saturated rings. The van der Waals surface area contributed by atoms with Gasteiger partial charge < -0.3 is 15.0 Å². The Kier molecular flexibility index (Phi) is 4.71. The molecule has 2 aromatic rings. The Morgan fingerprint density at radius 3 is 3.09 bits per heavy atom. The molecule has 0 spiro atoms. The molecule has 2 heterocycles. The second-order valence-corrected chi connectivity index (χ2v) is 5.94. The number of carbonyl (C=O) groups excluding carboxylic acids is 1. The zero-order valence-corrected chi connectivity index (χ0v) is 13.2. The first-order valence-corrected chi connectivity index (χ1v) is 8.02. The minimum absolute atomic E-state index is 0.00797. The van der Waals surface area contributed by atoms with Crippen LogP contribution in [0.3, 0.4) is 0 Å². The van der Waals surface area contributed by atoms with Gasteiger partial charge in [0.25, 0.3) is 5.56 Å². The number of fused-ring (bicyclic) bond motifs is 1. The number of aromatic amines is 1. The Morgan fingerprint density at radius 1 is 1.48 bits per heavy atom. The molecule has 1 saturated heterocycles. The van der Waals surface area contributed by atoms with E-state index in [1.165, 1.54) is 0 Å². The van der Waals surface area contributed by atoms with Crippen LogP contribution in [-0.4, -0.2) is 34.6 Å². The van der Waals surface area contributed by atoms with Gasteiger partial charge in [-0.25, -0.2) is 4.98 Å². The number of para-hydroxylation sites is 1. The van der Waals surface area contributed by atoms with Crippen LogP contribution < -0.4 is 10.9 Å². The molecule has 1 aliphatic heterocycles. The number of nitrogens with zero attached hydrogens (tertiary/aromatic N) is 1. The van der Waals surface area contributed by atoms with E-state index >= 15 is 0 Å². The maximum absolute atomic E-state index is 12.0. The van der Waals surface area contributed by atoms with Gasteiger partial charge in [0.2, 0.25) is 5.91 Å². The summed E-state index contributed by atoms with van der Waals surface area (Å²) in [5.41, 5.74) is 0.484. The van der Waals surface area contributed by atoms with Crippen molar-refractivity contribution in [2.24, 2.45) is 0 Å². The number of benzene rings is 1. The van der Waals surface area contributed by atoms with Crippen LogP contribution in [0.4, 0.5) is 0 Å². The Balaban J connectivity index is 1.59. The minimum atomic E-state index is -0.168. The van der Waals surface area contributed by atoms with Crippen molar-refractivity contribution >= 4 is 16.8 Å². The van der Waals surface area contributed by atoms with Gasteiger partial charge in [0.05, 0.1) is 23.0 Å². The maximum Gasteiger partial charge on any atom is 0.258 e. The molecular weight excluding hydrogens is 294 g/mol. The third kappa shape index (κ3) is 3.76. The van der Waals surface area contributed by atoms with E-state index in [0.717, 1.165) is 19.4 Å². The topological polar surface area (TPSA) is 84.1 Å². The molecule has 2 atom stereocenters. The van der Waals surface area contributed by atoms with E-state index in [9.17, 15) is 9.59 Å². The summed E-state index contributed by atoms with van der Waals surface area (Å²) < 4.78 is 5.57. The highest BCUT2D eigenvalue weighted by molar-refractivity contribution is 5.78. The van der Waals surface area contributed by atoms with Crippen molar-refractivity contribution in [1.29, 1.82) is 0 Å². The Morgan fingerprint density at radius 2 is 2.30 bits per heavy atom. The van der Waals surface area contributed by atoms with Gasteiger partial charge in [0, 0.05) is 19.4 Å². The van der Waals surface area contributed by atoms with Crippen LogP contribution in [0.15, 0.2) is 29.1 Å². The van der Waals surface area contributed by atoms with Crippen LogP contribution in [0.2, 0.25) is 0 Å². The van der Waals surface area contributed by atoms with Crippen LogP contribution in [0.1, 0.15) is 32.0 Å². The average molecular weight is 315 g/mol. The third-order valence-corrected chi connectivity index (χ3v) is 4.16. The van der Waals surface area contributed by atoms with Crippen molar-refractivity contribution in [1.82, 2.24) is 15.3 Å². The normalized spacial score (nSPS) is 18.9. The summed E-state index contributed by atoms with van der Waals surface area (Å²) in [4.78, 5) is 31.2.